The molecule has 0 unspecified atom stereocenters. The average molecular weight is 277 g/mol. The summed E-state index contributed by atoms with van der Waals surface area (Å²) in [6.45, 7) is 8.07. The van der Waals surface area contributed by atoms with Crippen LogP contribution in [0.2, 0.25) is 0 Å². The van der Waals surface area contributed by atoms with E-state index in [0.717, 1.165) is 5.56 Å². The van der Waals surface area contributed by atoms with Crippen LogP contribution in [0.1, 0.15) is 42.6 Å². The Balaban J connectivity index is 2.41. The lowest BCUT2D eigenvalue weighted by Crippen LogP contribution is -2.08. The normalized spacial score (nSPS) is 11.1. The van der Waals surface area contributed by atoms with E-state index in [4.69, 9.17) is 13.6 Å². The van der Waals surface area contributed by atoms with Crippen molar-refractivity contribution in [1.82, 2.24) is 4.98 Å². The summed E-state index contributed by atoms with van der Waals surface area (Å²) in [6.07, 6.45) is 2.22. The number of carbonyl (C=O) groups excluding carboxylic acids is 1. The Morgan fingerprint density at radius 3 is 2.75 bits per heavy atom. The molecule has 0 aliphatic heterocycles. The van der Waals surface area contributed by atoms with Gasteiger partial charge in [-0.3, -0.25) is 0 Å². The van der Waals surface area contributed by atoms with Crippen LogP contribution in [0, 0.1) is 12.8 Å². The molecule has 0 aliphatic carbocycles. The SMILES string of the molecule is CCOC(=O)c1oc(-c2occc2C)nc1CC(C)C. The van der Waals surface area contributed by atoms with Crippen molar-refractivity contribution in [2.24, 2.45) is 5.92 Å². The number of aromatic nitrogens is 1. The highest BCUT2D eigenvalue weighted by atomic mass is 16.5. The molecule has 0 atom stereocenters. The second-order valence-corrected chi connectivity index (χ2v) is 5.05. The highest BCUT2D eigenvalue weighted by Gasteiger charge is 2.24. The van der Waals surface area contributed by atoms with Crippen molar-refractivity contribution in [2.75, 3.05) is 6.61 Å². The van der Waals surface area contributed by atoms with Gasteiger partial charge in [0.2, 0.25) is 5.76 Å². The first-order valence-electron chi connectivity index (χ1n) is 6.74. The van der Waals surface area contributed by atoms with Crippen LogP contribution in [0.5, 0.6) is 0 Å². The molecule has 20 heavy (non-hydrogen) atoms. The Morgan fingerprint density at radius 2 is 2.20 bits per heavy atom. The van der Waals surface area contributed by atoms with Crippen LogP contribution in [-0.2, 0) is 11.2 Å². The van der Waals surface area contributed by atoms with Gasteiger partial charge in [0.05, 0.1) is 18.6 Å². The molecule has 0 aromatic carbocycles. The largest absolute Gasteiger partial charge is 0.460 e. The highest BCUT2D eigenvalue weighted by molar-refractivity contribution is 5.88. The van der Waals surface area contributed by atoms with Crippen molar-refractivity contribution in [3.8, 4) is 11.7 Å². The van der Waals surface area contributed by atoms with Crippen molar-refractivity contribution < 1.29 is 18.4 Å². The van der Waals surface area contributed by atoms with Gasteiger partial charge in [-0.25, -0.2) is 9.78 Å². The minimum absolute atomic E-state index is 0.173. The van der Waals surface area contributed by atoms with Gasteiger partial charge in [0, 0.05) is 5.56 Å². The highest BCUT2D eigenvalue weighted by Crippen LogP contribution is 2.27. The monoisotopic (exact) mass is 277 g/mol. The lowest BCUT2D eigenvalue weighted by molar-refractivity contribution is 0.0489. The number of aryl methyl sites for hydroxylation is 1. The Hall–Kier alpha value is -2.04. The quantitative estimate of drug-likeness (QED) is 0.781. The first-order chi connectivity index (χ1) is 9.52. The van der Waals surface area contributed by atoms with Gasteiger partial charge in [0.15, 0.2) is 5.76 Å². The van der Waals surface area contributed by atoms with Crippen molar-refractivity contribution in [3.05, 3.63) is 29.3 Å². The summed E-state index contributed by atoms with van der Waals surface area (Å²) in [5.41, 5.74) is 1.53. The van der Waals surface area contributed by atoms with Gasteiger partial charge in [-0.2, -0.15) is 0 Å². The fraction of sp³-hybridized carbons (Fsp3) is 0.467. The molecule has 0 saturated carbocycles. The Kier molecular flexibility index (Phi) is 4.27. The van der Waals surface area contributed by atoms with E-state index in [1.165, 1.54) is 0 Å². The summed E-state index contributed by atoms with van der Waals surface area (Å²) in [6, 6.07) is 1.83. The zero-order valence-corrected chi connectivity index (χ0v) is 12.2. The molecule has 2 aromatic heterocycles. The van der Waals surface area contributed by atoms with E-state index in [2.05, 4.69) is 18.8 Å². The molecule has 5 heteroatoms. The van der Waals surface area contributed by atoms with Crippen LogP contribution in [-0.4, -0.2) is 17.6 Å². The molecule has 2 rings (SSSR count). The fourth-order valence-corrected chi connectivity index (χ4v) is 1.92. The van der Waals surface area contributed by atoms with Crippen LogP contribution < -0.4 is 0 Å². The smallest absolute Gasteiger partial charge is 0.376 e. The summed E-state index contributed by atoms with van der Waals surface area (Å²) in [5.74, 6) is 0.924. The van der Waals surface area contributed by atoms with Gasteiger partial charge in [-0.1, -0.05) is 13.8 Å². The molecule has 0 bridgehead atoms. The summed E-state index contributed by atoms with van der Waals surface area (Å²) < 4.78 is 15.9. The molecule has 0 aliphatic rings. The minimum Gasteiger partial charge on any atom is -0.460 e. The third-order valence-corrected chi connectivity index (χ3v) is 2.82. The van der Waals surface area contributed by atoms with Gasteiger partial charge in [-0.15, -0.1) is 0 Å². The number of esters is 1. The standard InChI is InChI=1S/C15H19NO4/c1-5-18-15(17)13-11(8-9(2)3)16-14(20-13)12-10(4)6-7-19-12/h6-7,9H,5,8H2,1-4H3. The molecular formula is C15H19NO4. The first kappa shape index (κ1) is 14.4. The fourth-order valence-electron chi connectivity index (χ4n) is 1.92. The number of hydrogen-bond acceptors (Lipinski definition) is 5. The van der Waals surface area contributed by atoms with Gasteiger partial charge in [-0.05, 0) is 32.3 Å². The molecule has 2 heterocycles. The van der Waals surface area contributed by atoms with Gasteiger partial charge < -0.3 is 13.6 Å². The molecule has 0 radical (unpaired) electrons. The van der Waals surface area contributed by atoms with Crippen molar-refractivity contribution in [3.63, 3.8) is 0 Å². The van der Waals surface area contributed by atoms with E-state index < -0.39 is 5.97 Å². The molecule has 5 nitrogen and oxygen atoms in total. The summed E-state index contributed by atoms with van der Waals surface area (Å²) in [4.78, 5) is 16.3. The minimum atomic E-state index is -0.480. The molecular weight excluding hydrogens is 258 g/mol. The Morgan fingerprint density at radius 1 is 1.45 bits per heavy atom. The third kappa shape index (κ3) is 2.92. The molecule has 0 fully saturated rings. The van der Waals surface area contributed by atoms with Crippen LogP contribution in [0.25, 0.3) is 11.7 Å². The average Bonchev–Trinajstić information content (AvgIpc) is 2.95. The molecule has 108 valence electrons. The predicted octanol–water partition coefficient (Wildman–Crippen LogP) is 3.62. The van der Waals surface area contributed by atoms with Gasteiger partial charge >= 0.3 is 5.97 Å². The van der Waals surface area contributed by atoms with E-state index in [0.29, 0.717) is 36.3 Å². The topological polar surface area (TPSA) is 65.5 Å². The molecule has 0 saturated heterocycles. The second-order valence-electron chi connectivity index (χ2n) is 5.05. The van der Waals surface area contributed by atoms with Crippen LogP contribution >= 0.6 is 0 Å². The Bertz CT molecular complexity index is 595. The van der Waals surface area contributed by atoms with E-state index in [-0.39, 0.29) is 5.76 Å². The van der Waals surface area contributed by atoms with E-state index in [1.807, 2.05) is 13.0 Å². The summed E-state index contributed by atoms with van der Waals surface area (Å²) >= 11 is 0. The number of furan rings is 1. The lowest BCUT2D eigenvalue weighted by atomic mass is 10.1. The van der Waals surface area contributed by atoms with Gasteiger partial charge in [0.25, 0.3) is 5.89 Å². The molecule has 0 N–H and O–H groups in total. The third-order valence-electron chi connectivity index (χ3n) is 2.82. The maximum atomic E-state index is 11.9. The number of hydrogen-bond donors (Lipinski definition) is 0. The predicted molar refractivity (Wildman–Crippen MR) is 73.4 cm³/mol. The van der Waals surface area contributed by atoms with Crippen molar-refractivity contribution in [2.45, 2.75) is 34.1 Å². The van der Waals surface area contributed by atoms with Crippen LogP contribution in [0.4, 0.5) is 0 Å². The number of oxazole rings is 1. The van der Waals surface area contributed by atoms with E-state index in [9.17, 15) is 4.79 Å². The molecule has 0 spiro atoms. The lowest BCUT2D eigenvalue weighted by Gasteiger charge is -2.02. The van der Waals surface area contributed by atoms with Crippen molar-refractivity contribution in [1.29, 1.82) is 0 Å². The van der Waals surface area contributed by atoms with E-state index >= 15 is 0 Å². The number of carbonyl (C=O) groups is 1. The number of ether oxygens (including phenoxy) is 1. The van der Waals surface area contributed by atoms with E-state index in [1.54, 1.807) is 13.2 Å². The first-order valence-corrected chi connectivity index (χ1v) is 6.74. The zero-order chi connectivity index (χ0) is 14.7. The molecule has 0 amide bonds. The second kappa shape index (κ2) is 5.94. The molecule has 2 aromatic rings. The number of rotatable bonds is 5. The zero-order valence-electron chi connectivity index (χ0n) is 12.2. The van der Waals surface area contributed by atoms with Crippen molar-refractivity contribution >= 4 is 5.97 Å². The van der Waals surface area contributed by atoms with Gasteiger partial charge in [0.1, 0.15) is 0 Å². The maximum Gasteiger partial charge on any atom is 0.376 e. The Labute approximate surface area is 117 Å². The summed E-state index contributed by atoms with van der Waals surface area (Å²) in [5, 5.41) is 0. The summed E-state index contributed by atoms with van der Waals surface area (Å²) in [7, 11) is 0. The number of nitrogens with zero attached hydrogens (tertiary/aromatic N) is 1. The van der Waals surface area contributed by atoms with Crippen LogP contribution in [0.3, 0.4) is 0 Å². The maximum absolute atomic E-state index is 11.9. The van der Waals surface area contributed by atoms with Crippen LogP contribution in [0.15, 0.2) is 21.2 Å².